The second-order valence-electron chi connectivity index (χ2n) is 3.41. The maximum absolute atomic E-state index is 11.0. The molecule has 0 radical (unpaired) electrons. The number of aliphatic carboxylic acids is 1. The van der Waals surface area contributed by atoms with Crippen molar-refractivity contribution in [1.29, 1.82) is 0 Å². The largest absolute Gasteiger partial charge is 0.478 e. The van der Waals surface area contributed by atoms with E-state index in [1.54, 1.807) is 6.08 Å². The lowest BCUT2D eigenvalue weighted by atomic mass is 9.84. The second-order valence-corrected chi connectivity index (χ2v) is 3.41. The summed E-state index contributed by atoms with van der Waals surface area (Å²) in [5, 5.41) is 8.97. The smallest absolute Gasteiger partial charge is 0.336 e. The molecule has 0 unspecified atom stereocenters. The van der Waals surface area contributed by atoms with Crippen LogP contribution >= 0.6 is 0 Å². The van der Waals surface area contributed by atoms with Crippen LogP contribution in [0.2, 0.25) is 0 Å². The van der Waals surface area contributed by atoms with E-state index in [4.69, 9.17) is 10.8 Å². The Morgan fingerprint density at radius 3 is 2.50 bits per heavy atom. The van der Waals surface area contributed by atoms with Crippen LogP contribution in [0.1, 0.15) is 11.1 Å². The van der Waals surface area contributed by atoms with E-state index in [0.29, 0.717) is 5.57 Å². The second kappa shape index (κ2) is 3.66. The van der Waals surface area contributed by atoms with E-state index in [9.17, 15) is 9.59 Å². The van der Waals surface area contributed by atoms with Gasteiger partial charge in [0.15, 0.2) is 0 Å². The summed E-state index contributed by atoms with van der Waals surface area (Å²) in [7, 11) is 0. The lowest BCUT2D eigenvalue weighted by molar-refractivity contribution is -0.132. The molecule has 0 aliphatic heterocycles. The van der Waals surface area contributed by atoms with Gasteiger partial charge in [0.05, 0.1) is 5.57 Å². The highest BCUT2D eigenvalue weighted by Gasteiger charge is 2.23. The molecule has 3 N–H and O–H groups in total. The standard InChI is InChI=1S/C12H9NO3/c13-11(14)6-10(12(15)16)9-5-7-3-1-2-4-8(7)9/h1-6H,(H2,13,14)(H,15,16). The molecule has 4 heteroatoms. The van der Waals surface area contributed by atoms with Crippen LogP contribution < -0.4 is 5.73 Å². The minimum Gasteiger partial charge on any atom is -0.478 e. The Bertz CT molecular complexity index is 541. The zero-order valence-corrected chi connectivity index (χ0v) is 8.31. The maximum atomic E-state index is 11.0. The lowest BCUT2D eigenvalue weighted by Gasteiger charge is -2.19. The molecule has 0 spiro atoms. The molecule has 0 atom stereocenters. The summed E-state index contributed by atoms with van der Waals surface area (Å²) >= 11 is 0. The van der Waals surface area contributed by atoms with Crippen LogP contribution in [-0.2, 0) is 9.59 Å². The third-order valence-corrected chi connectivity index (χ3v) is 2.36. The zero-order valence-electron chi connectivity index (χ0n) is 8.31. The summed E-state index contributed by atoms with van der Waals surface area (Å²) < 4.78 is 0. The Hall–Kier alpha value is -2.36. The summed E-state index contributed by atoms with van der Waals surface area (Å²) in [6.45, 7) is 0. The van der Waals surface area contributed by atoms with E-state index >= 15 is 0 Å². The SMILES string of the molecule is NC(=O)C=C(C(=O)O)C1=Cc2ccccc21. The molecule has 1 amide bonds. The number of fused-ring (bicyclic) bond motifs is 1. The van der Waals surface area contributed by atoms with Crippen LogP contribution in [0.5, 0.6) is 0 Å². The van der Waals surface area contributed by atoms with Crippen molar-refractivity contribution in [3.8, 4) is 0 Å². The number of hydrogen-bond donors (Lipinski definition) is 2. The molecule has 1 aromatic rings. The topological polar surface area (TPSA) is 80.4 Å². The fourth-order valence-electron chi connectivity index (χ4n) is 1.64. The molecule has 1 aliphatic rings. The van der Waals surface area contributed by atoms with Crippen LogP contribution in [-0.4, -0.2) is 17.0 Å². The van der Waals surface area contributed by atoms with Gasteiger partial charge < -0.3 is 10.8 Å². The molecule has 0 fully saturated rings. The van der Waals surface area contributed by atoms with Crippen molar-refractivity contribution in [3.63, 3.8) is 0 Å². The van der Waals surface area contributed by atoms with Crippen molar-refractivity contribution in [1.82, 2.24) is 0 Å². The van der Waals surface area contributed by atoms with E-state index < -0.39 is 11.9 Å². The Morgan fingerprint density at radius 2 is 1.94 bits per heavy atom. The van der Waals surface area contributed by atoms with Crippen molar-refractivity contribution >= 4 is 23.5 Å². The van der Waals surface area contributed by atoms with E-state index in [1.807, 2.05) is 24.3 Å². The molecule has 2 rings (SSSR count). The van der Waals surface area contributed by atoms with Gasteiger partial charge in [-0.05, 0) is 22.8 Å². The van der Waals surface area contributed by atoms with Gasteiger partial charge in [0.25, 0.3) is 0 Å². The number of primary amides is 1. The van der Waals surface area contributed by atoms with Crippen LogP contribution in [0, 0.1) is 0 Å². The monoisotopic (exact) mass is 215 g/mol. The van der Waals surface area contributed by atoms with Crippen molar-refractivity contribution in [2.75, 3.05) is 0 Å². The Kier molecular flexibility index (Phi) is 2.32. The van der Waals surface area contributed by atoms with Gasteiger partial charge in [-0.2, -0.15) is 0 Å². The molecule has 0 saturated carbocycles. The number of hydrogen-bond acceptors (Lipinski definition) is 2. The number of carbonyl (C=O) groups is 2. The van der Waals surface area contributed by atoms with Crippen molar-refractivity contribution in [2.45, 2.75) is 0 Å². The number of carbonyl (C=O) groups excluding carboxylic acids is 1. The minimum atomic E-state index is -1.15. The highest BCUT2D eigenvalue weighted by Crippen LogP contribution is 2.37. The highest BCUT2D eigenvalue weighted by atomic mass is 16.4. The maximum Gasteiger partial charge on any atom is 0.336 e. The number of nitrogens with two attached hydrogens (primary N) is 1. The average Bonchev–Trinajstić information content (AvgIpc) is 2.17. The minimum absolute atomic E-state index is 0.0637. The third kappa shape index (κ3) is 1.61. The Morgan fingerprint density at radius 1 is 1.25 bits per heavy atom. The van der Waals surface area contributed by atoms with Crippen LogP contribution in [0.15, 0.2) is 35.9 Å². The first-order valence-electron chi connectivity index (χ1n) is 4.65. The van der Waals surface area contributed by atoms with Gasteiger partial charge in [-0.1, -0.05) is 24.3 Å². The Balaban J connectivity index is 2.41. The molecule has 0 bridgehead atoms. The molecule has 16 heavy (non-hydrogen) atoms. The zero-order chi connectivity index (χ0) is 11.7. The van der Waals surface area contributed by atoms with Crippen molar-refractivity contribution < 1.29 is 14.7 Å². The van der Waals surface area contributed by atoms with E-state index in [1.165, 1.54) is 0 Å². The van der Waals surface area contributed by atoms with Gasteiger partial charge >= 0.3 is 5.97 Å². The lowest BCUT2D eigenvalue weighted by Crippen LogP contribution is -2.14. The molecule has 0 saturated heterocycles. The van der Waals surface area contributed by atoms with Gasteiger partial charge in [0.2, 0.25) is 5.91 Å². The quantitative estimate of drug-likeness (QED) is 0.739. The molecule has 1 aliphatic carbocycles. The van der Waals surface area contributed by atoms with Gasteiger partial charge in [-0.3, -0.25) is 4.79 Å². The number of carboxylic acids is 1. The average molecular weight is 215 g/mol. The van der Waals surface area contributed by atoms with Gasteiger partial charge in [0.1, 0.15) is 0 Å². The molecule has 0 heterocycles. The first kappa shape index (κ1) is 10.2. The van der Waals surface area contributed by atoms with Crippen LogP contribution in [0.25, 0.3) is 11.6 Å². The summed E-state index contributed by atoms with van der Waals surface area (Å²) in [4.78, 5) is 21.7. The summed E-state index contributed by atoms with van der Waals surface area (Å²) in [6.07, 6.45) is 2.66. The van der Waals surface area contributed by atoms with E-state index in [0.717, 1.165) is 17.2 Å². The fourth-order valence-corrected chi connectivity index (χ4v) is 1.64. The summed E-state index contributed by atoms with van der Waals surface area (Å²) in [6, 6.07) is 7.37. The predicted octanol–water partition coefficient (Wildman–Crippen LogP) is 1.04. The molecule has 1 aromatic carbocycles. The third-order valence-electron chi connectivity index (χ3n) is 2.36. The summed E-state index contributed by atoms with van der Waals surface area (Å²) in [5.74, 6) is -1.91. The van der Waals surface area contributed by atoms with Gasteiger partial charge in [0, 0.05) is 6.08 Å². The highest BCUT2D eigenvalue weighted by molar-refractivity contribution is 6.17. The van der Waals surface area contributed by atoms with Gasteiger partial charge in [-0.15, -0.1) is 0 Å². The molecule has 4 nitrogen and oxygen atoms in total. The number of rotatable bonds is 3. The first-order valence-corrected chi connectivity index (χ1v) is 4.65. The number of amides is 1. The number of carboxylic acid groups (broad SMARTS) is 1. The molecular weight excluding hydrogens is 206 g/mol. The predicted molar refractivity (Wildman–Crippen MR) is 59.2 cm³/mol. The fraction of sp³-hybridized carbons (Fsp3) is 0. The van der Waals surface area contributed by atoms with Crippen molar-refractivity contribution in [3.05, 3.63) is 47.0 Å². The molecule has 80 valence electrons. The van der Waals surface area contributed by atoms with Crippen LogP contribution in [0.3, 0.4) is 0 Å². The summed E-state index contributed by atoms with van der Waals surface area (Å²) in [5.41, 5.74) is 7.24. The molecular formula is C12H9NO3. The van der Waals surface area contributed by atoms with E-state index in [-0.39, 0.29) is 5.57 Å². The van der Waals surface area contributed by atoms with Gasteiger partial charge in [-0.25, -0.2) is 4.79 Å². The van der Waals surface area contributed by atoms with Crippen LogP contribution in [0.4, 0.5) is 0 Å². The van der Waals surface area contributed by atoms with Crippen molar-refractivity contribution in [2.24, 2.45) is 5.73 Å². The first-order chi connectivity index (χ1) is 7.59. The molecule has 0 aromatic heterocycles. The number of benzene rings is 1. The normalized spacial score (nSPS) is 13.5. The van der Waals surface area contributed by atoms with E-state index in [2.05, 4.69) is 0 Å². The Labute approximate surface area is 91.7 Å².